The number of aliphatic hydroxyl groups excluding tert-OH is 1. The van der Waals surface area contributed by atoms with Crippen molar-refractivity contribution in [1.29, 1.82) is 0 Å². The zero-order valence-electron chi connectivity index (χ0n) is 35.3. The molecule has 1 saturated heterocycles. The minimum absolute atomic E-state index is 0.0139. The topological polar surface area (TPSA) is 185 Å². The Morgan fingerprint density at radius 2 is 1.78 bits per heavy atom. The van der Waals surface area contributed by atoms with Crippen molar-refractivity contribution in [1.82, 2.24) is 25.8 Å². The molecule has 324 valence electrons. The van der Waals surface area contributed by atoms with Crippen molar-refractivity contribution in [2.45, 2.75) is 130 Å². The molecule has 4 rings (SSSR count). The molecule has 3 aromatic rings. The largest absolute Gasteiger partial charge is 0.490 e. The van der Waals surface area contributed by atoms with E-state index in [1.807, 2.05) is 33.2 Å². The molecule has 1 aliphatic heterocycles. The first-order chi connectivity index (χ1) is 27.6. The highest BCUT2D eigenvalue weighted by Crippen LogP contribution is 2.32. The predicted octanol–water partition coefficient (Wildman–Crippen LogP) is 6.61. The summed E-state index contributed by atoms with van der Waals surface area (Å²) in [5.41, 5.74) is 9.36. The van der Waals surface area contributed by atoms with Gasteiger partial charge in [0.05, 0.1) is 33.3 Å². The number of hydrogen-bond donors (Lipinski definition) is 5. The molecule has 4 amide bonds. The van der Waals surface area contributed by atoms with Gasteiger partial charge in [0.1, 0.15) is 29.8 Å². The molecule has 1 fully saturated rings. The van der Waals surface area contributed by atoms with Crippen LogP contribution in [0.15, 0.2) is 41.9 Å². The number of nitrogens with two attached hydrogens (primary N) is 1. The maximum absolute atomic E-state index is 14.8. The van der Waals surface area contributed by atoms with Crippen molar-refractivity contribution in [3.05, 3.63) is 69.6 Å². The Hall–Kier alpha value is -4.31. The van der Waals surface area contributed by atoms with Crippen LogP contribution in [0.1, 0.15) is 103 Å². The third-order valence-corrected chi connectivity index (χ3v) is 11.4. The summed E-state index contributed by atoms with van der Waals surface area (Å²) in [6.45, 7) is 15.3. The van der Waals surface area contributed by atoms with Gasteiger partial charge in [-0.2, -0.15) is 0 Å². The fraction of sp³-hybridized carbons (Fsp3) is 0.558. The average Bonchev–Trinajstić information content (AvgIpc) is 3.75. The van der Waals surface area contributed by atoms with E-state index in [1.165, 1.54) is 6.07 Å². The minimum Gasteiger partial charge on any atom is -0.490 e. The fourth-order valence-corrected chi connectivity index (χ4v) is 7.93. The highest BCUT2D eigenvalue weighted by molar-refractivity contribution is 7.13. The number of likely N-dealkylation sites (tertiary alicyclic amines) is 1. The van der Waals surface area contributed by atoms with Gasteiger partial charge in [0, 0.05) is 44.1 Å². The van der Waals surface area contributed by atoms with Crippen LogP contribution in [-0.4, -0.2) is 88.3 Å². The lowest BCUT2D eigenvalue weighted by molar-refractivity contribution is -0.140. The maximum Gasteiger partial charge on any atom is 0.407 e. The van der Waals surface area contributed by atoms with Gasteiger partial charge in [-0.1, -0.05) is 56.6 Å². The number of rotatable bonds is 18. The fourth-order valence-electron chi connectivity index (χ4n) is 6.86. The smallest absolute Gasteiger partial charge is 0.407 e. The molecule has 13 nitrogen and oxygen atoms in total. The number of ether oxygens (including phenoxy) is 2. The second-order valence-electron chi connectivity index (χ2n) is 17.3. The van der Waals surface area contributed by atoms with E-state index in [4.69, 9.17) is 26.8 Å². The van der Waals surface area contributed by atoms with E-state index < -0.39 is 47.0 Å². The zero-order chi connectivity index (χ0) is 43.7. The lowest BCUT2D eigenvalue weighted by Gasteiger charge is -2.36. The first-order valence-electron chi connectivity index (χ1n) is 20.0. The number of thiazole rings is 1. The summed E-state index contributed by atoms with van der Waals surface area (Å²) in [5, 5.41) is 20.0. The number of aliphatic hydroxyl groups is 1. The summed E-state index contributed by atoms with van der Waals surface area (Å²) in [7, 11) is 0. The minimum atomic E-state index is -0.863. The zero-order valence-corrected chi connectivity index (χ0v) is 36.9. The summed E-state index contributed by atoms with van der Waals surface area (Å²) >= 11 is 8.25. The van der Waals surface area contributed by atoms with Crippen LogP contribution in [0.4, 0.5) is 9.18 Å². The SMILES string of the molecule is Cc1ncsc1-c1ccc([C@H](C)NC[C@@H]2C[C@@H](O)CN2C(=O)[C@@H](NC(=O)CCCc2cc(F)cc(OC[C@H](CCC(N)=O)NC(=O)OC(C)(C)C)c2Cl)C(C)(C)C)cc1. The third kappa shape index (κ3) is 14.4. The first-order valence-corrected chi connectivity index (χ1v) is 21.3. The molecule has 0 unspecified atom stereocenters. The average molecular weight is 860 g/mol. The number of halogens is 2. The number of amides is 4. The van der Waals surface area contributed by atoms with Crippen LogP contribution >= 0.6 is 22.9 Å². The molecular formula is C43H60ClFN6O7S. The molecule has 1 aromatic heterocycles. The molecule has 0 saturated carbocycles. The molecule has 6 N–H and O–H groups in total. The predicted molar refractivity (Wildman–Crippen MR) is 228 cm³/mol. The monoisotopic (exact) mass is 858 g/mol. The molecule has 5 atom stereocenters. The second kappa shape index (κ2) is 20.8. The van der Waals surface area contributed by atoms with Gasteiger partial charge in [-0.3, -0.25) is 14.4 Å². The normalized spacial score (nSPS) is 17.2. The van der Waals surface area contributed by atoms with Gasteiger partial charge >= 0.3 is 6.09 Å². The Bertz CT molecular complexity index is 1920. The van der Waals surface area contributed by atoms with Crippen molar-refractivity contribution >= 4 is 46.8 Å². The third-order valence-electron chi connectivity index (χ3n) is 10.0. The molecule has 1 aliphatic rings. The van der Waals surface area contributed by atoms with Crippen molar-refractivity contribution < 1.29 is 38.1 Å². The Labute approximate surface area is 356 Å². The quantitative estimate of drug-likeness (QED) is 0.0939. The number of alkyl carbamates (subject to hydrolysis) is 1. The van der Waals surface area contributed by atoms with Gasteiger partial charge in [-0.25, -0.2) is 14.2 Å². The molecule has 0 aliphatic carbocycles. The van der Waals surface area contributed by atoms with Crippen molar-refractivity contribution in [2.75, 3.05) is 19.7 Å². The van der Waals surface area contributed by atoms with E-state index in [-0.39, 0.29) is 73.5 Å². The van der Waals surface area contributed by atoms with Crippen molar-refractivity contribution in [3.8, 4) is 16.2 Å². The van der Waals surface area contributed by atoms with Crippen LogP contribution in [0.3, 0.4) is 0 Å². The van der Waals surface area contributed by atoms with Gasteiger partial charge in [0.2, 0.25) is 17.7 Å². The number of nitrogens with zero attached hydrogens (tertiary/aromatic N) is 2. The number of benzene rings is 2. The number of nitrogens with one attached hydrogen (secondary N) is 3. The van der Waals surface area contributed by atoms with Crippen LogP contribution in [0, 0.1) is 18.2 Å². The Morgan fingerprint density at radius 1 is 1.08 bits per heavy atom. The van der Waals surface area contributed by atoms with Gasteiger partial charge < -0.3 is 41.2 Å². The lowest BCUT2D eigenvalue weighted by atomic mass is 9.85. The number of β-amino-alcohol motifs (C(OH)–C–C–N with tert-alkyl or cyclic N) is 1. The number of hydrogen-bond acceptors (Lipinski definition) is 10. The number of carbonyl (C=O) groups excluding carboxylic acids is 4. The summed E-state index contributed by atoms with van der Waals surface area (Å²) in [6.07, 6.45) is -0.314. The lowest BCUT2D eigenvalue weighted by Crippen LogP contribution is -2.56. The van der Waals surface area contributed by atoms with E-state index in [9.17, 15) is 28.7 Å². The molecule has 0 bridgehead atoms. The summed E-state index contributed by atoms with van der Waals surface area (Å²) in [4.78, 5) is 58.5. The van der Waals surface area contributed by atoms with Crippen LogP contribution in [-0.2, 0) is 25.5 Å². The Balaban J connectivity index is 1.34. The molecule has 16 heteroatoms. The summed E-state index contributed by atoms with van der Waals surface area (Å²) < 4.78 is 25.9. The molecular weight excluding hydrogens is 799 g/mol. The van der Waals surface area contributed by atoms with Crippen molar-refractivity contribution in [3.63, 3.8) is 0 Å². The number of aryl methyl sites for hydroxylation is 2. The van der Waals surface area contributed by atoms with Gasteiger partial charge in [-0.15, -0.1) is 11.3 Å². The maximum atomic E-state index is 14.8. The second-order valence-corrected chi connectivity index (χ2v) is 18.5. The molecule has 0 radical (unpaired) electrons. The van der Waals surface area contributed by atoms with Gasteiger partial charge in [-0.05, 0) is 88.5 Å². The van der Waals surface area contributed by atoms with Crippen LogP contribution in [0.25, 0.3) is 10.4 Å². The summed E-state index contributed by atoms with van der Waals surface area (Å²) in [5.74, 6) is -1.76. The van der Waals surface area contributed by atoms with E-state index in [1.54, 1.807) is 37.0 Å². The van der Waals surface area contributed by atoms with Gasteiger partial charge in [0.15, 0.2) is 0 Å². The number of aromatic nitrogens is 1. The van der Waals surface area contributed by atoms with Crippen LogP contribution in [0.5, 0.6) is 5.75 Å². The molecule has 59 heavy (non-hydrogen) atoms. The van der Waals surface area contributed by atoms with E-state index in [0.717, 1.165) is 27.8 Å². The standard InChI is InChI=1S/C43H60ClFN6O7S/c1-25(27-12-14-28(15-13-27)38-26(2)48-24-59-38)47-21-32-20-33(52)22-51(32)40(55)39(42(3,4)5)50-36(54)11-9-10-29-18-30(45)19-34(37(29)44)57-23-31(16-17-35(46)53)49-41(56)58-43(6,7)8/h12-15,18-19,24-25,31-33,39,47,52H,9-11,16-17,20-23H2,1-8H3,(H2,46,53)(H,49,56)(H,50,54)/t25-,31-,32-,33+,39+/m0/s1. The molecule has 0 spiro atoms. The summed E-state index contributed by atoms with van der Waals surface area (Å²) in [6, 6.07) is 8.88. The van der Waals surface area contributed by atoms with E-state index in [2.05, 4.69) is 52.1 Å². The van der Waals surface area contributed by atoms with E-state index >= 15 is 0 Å². The molecule has 2 aromatic carbocycles. The Kier molecular flexibility index (Phi) is 16.7. The Morgan fingerprint density at radius 3 is 2.39 bits per heavy atom. The number of primary amides is 1. The molecule has 2 heterocycles. The van der Waals surface area contributed by atoms with Crippen molar-refractivity contribution in [2.24, 2.45) is 11.1 Å². The van der Waals surface area contributed by atoms with Gasteiger partial charge in [0.25, 0.3) is 0 Å². The highest BCUT2D eigenvalue weighted by atomic mass is 35.5. The van der Waals surface area contributed by atoms with Crippen LogP contribution in [0.2, 0.25) is 5.02 Å². The first kappa shape index (κ1) is 47.4. The van der Waals surface area contributed by atoms with E-state index in [0.29, 0.717) is 24.9 Å². The van der Waals surface area contributed by atoms with Crippen LogP contribution < -0.4 is 26.4 Å². The number of carbonyl (C=O) groups is 4. The highest BCUT2D eigenvalue weighted by Gasteiger charge is 2.42.